The smallest absolute Gasteiger partial charge is 0.216 e. The highest BCUT2D eigenvalue weighted by molar-refractivity contribution is 7.89. The van der Waals surface area contributed by atoms with Crippen LogP contribution in [0.3, 0.4) is 0 Å². The van der Waals surface area contributed by atoms with E-state index >= 15 is 0 Å². The summed E-state index contributed by atoms with van der Waals surface area (Å²) < 4.78 is 33.9. The lowest BCUT2D eigenvalue weighted by atomic mass is 9.99. The molecular formula is C14H24N4O3S. The van der Waals surface area contributed by atoms with E-state index in [1.165, 1.54) is 0 Å². The summed E-state index contributed by atoms with van der Waals surface area (Å²) >= 11 is 0. The van der Waals surface area contributed by atoms with Crippen LogP contribution in [0.25, 0.3) is 0 Å². The number of sulfonamides is 1. The third kappa shape index (κ3) is 3.04. The van der Waals surface area contributed by atoms with E-state index in [1.807, 2.05) is 0 Å². The maximum atomic E-state index is 12.5. The van der Waals surface area contributed by atoms with Crippen molar-refractivity contribution >= 4 is 10.0 Å². The lowest BCUT2D eigenvalue weighted by Gasteiger charge is -2.32. The third-order valence-electron chi connectivity index (χ3n) is 4.63. The Balaban J connectivity index is 1.74. The molecule has 1 aromatic heterocycles. The van der Waals surface area contributed by atoms with Crippen LogP contribution in [0.2, 0.25) is 0 Å². The maximum absolute atomic E-state index is 12.5. The van der Waals surface area contributed by atoms with Crippen molar-refractivity contribution in [2.75, 3.05) is 26.0 Å². The van der Waals surface area contributed by atoms with Crippen molar-refractivity contribution in [3.8, 4) is 0 Å². The van der Waals surface area contributed by atoms with Gasteiger partial charge in [-0.3, -0.25) is 0 Å². The van der Waals surface area contributed by atoms with Gasteiger partial charge in [-0.2, -0.15) is 0 Å². The zero-order valence-corrected chi connectivity index (χ0v) is 14.0. The topological polar surface area (TPSA) is 77.3 Å². The van der Waals surface area contributed by atoms with Crippen LogP contribution in [0.4, 0.5) is 0 Å². The summed E-state index contributed by atoms with van der Waals surface area (Å²) in [5, 5.41) is 8.57. The minimum Gasteiger partial charge on any atom is -0.381 e. The molecule has 0 N–H and O–H groups in total. The Kier molecular flexibility index (Phi) is 4.52. The number of hydrogen-bond acceptors (Lipinski definition) is 5. The molecule has 8 heteroatoms. The molecule has 22 heavy (non-hydrogen) atoms. The maximum Gasteiger partial charge on any atom is 0.216 e. The van der Waals surface area contributed by atoms with Gasteiger partial charge in [-0.05, 0) is 26.2 Å². The number of piperidine rings is 1. The highest BCUT2D eigenvalue weighted by Crippen LogP contribution is 2.29. The first kappa shape index (κ1) is 15.9. The van der Waals surface area contributed by atoms with Gasteiger partial charge in [0.25, 0.3) is 0 Å². The molecular weight excluding hydrogens is 304 g/mol. The van der Waals surface area contributed by atoms with Gasteiger partial charge in [-0.25, -0.2) is 12.7 Å². The van der Waals surface area contributed by atoms with E-state index in [9.17, 15) is 8.42 Å². The van der Waals surface area contributed by atoms with Crippen LogP contribution in [-0.2, 0) is 27.7 Å². The fourth-order valence-corrected chi connectivity index (χ4v) is 5.11. The van der Waals surface area contributed by atoms with Gasteiger partial charge in [0, 0.05) is 39.1 Å². The Bertz CT molecular complexity index is 628. The number of methoxy groups -OCH3 is 1. The summed E-state index contributed by atoms with van der Waals surface area (Å²) in [6, 6.07) is 0. The first-order chi connectivity index (χ1) is 10.5. The fraction of sp³-hybridized carbons (Fsp3) is 0.857. The van der Waals surface area contributed by atoms with Crippen molar-refractivity contribution in [2.45, 2.75) is 51.2 Å². The second-order valence-corrected chi connectivity index (χ2v) is 8.27. The third-order valence-corrected chi connectivity index (χ3v) is 6.64. The number of rotatable bonds is 5. The minimum absolute atomic E-state index is 0.0359. The van der Waals surface area contributed by atoms with E-state index in [-0.39, 0.29) is 17.8 Å². The molecule has 0 aromatic carbocycles. The number of fused-ring (bicyclic) bond motifs is 1. The average molecular weight is 328 g/mol. The molecule has 1 saturated heterocycles. The monoisotopic (exact) mass is 328 g/mol. The standard InChI is InChI=1S/C14H24N4O3S/c1-11(21-2)10-22(19,20)17-7-3-5-12(9-17)14-16-15-13-6-4-8-18(13)14/h11-12H,3-10H2,1-2H3/t11-,12-/m0/s1. The molecule has 0 amide bonds. The van der Waals surface area contributed by atoms with Crippen molar-refractivity contribution < 1.29 is 13.2 Å². The quantitative estimate of drug-likeness (QED) is 0.798. The van der Waals surface area contributed by atoms with E-state index in [1.54, 1.807) is 18.3 Å². The van der Waals surface area contributed by atoms with Crippen LogP contribution in [0.15, 0.2) is 0 Å². The molecule has 2 aliphatic heterocycles. The highest BCUT2D eigenvalue weighted by atomic mass is 32.2. The van der Waals surface area contributed by atoms with E-state index in [0.29, 0.717) is 13.1 Å². The predicted octanol–water partition coefficient (Wildman–Crippen LogP) is 0.768. The van der Waals surface area contributed by atoms with Crippen molar-refractivity contribution in [1.82, 2.24) is 19.1 Å². The van der Waals surface area contributed by atoms with Gasteiger partial charge < -0.3 is 9.30 Å². The zero-order chi connectivity index (χ0) is 15.7. The van der Waals surface area contributed by atoms with Crippen molar-refractivity contribution in [3.63, 3.8) is 0 Å². The average Bonchev–Trinajstić information content (AvgIpc) is 3.09. The molecule has 0 saturated carbocycles. The Morgan fingerprint density at radius 3 is 2.91 bits per heavy atom. The Morgan fingerprint density at radius 1 is 1.32 bits per heavy atom. The second kappa shape index (κ2) is 6.25. The minimum atomic E-state index is -3.28. The Hall–Kier alpha value is -0.990. The zero-order valence-electron chi connectivity index (χ0n) is 13.2. The van der Waals surface area contributed by atoms with Gasteiger partial charge in [0.1, 0.15) is 11.6 Å². The van der Waals surface area contributed by atoms with Crippen LogP contribution in [0.1, 0.15) is 43.8 Å². The number of aryl methyl sites for hydroxylation is 1. The van der Waals surface area contributed by atoms with Crippen LogP contribution in [0.5, 0.6) is 0 Å². The molecule has 1 fully saturated rings. The molecule has 2 atom stereocenters. The summed E-state index contributed by atoms with van der Waals surface area (Å²) in [5.41, 5.74) is 0. The Morgan fingerprint density at radius 2 is 2.14 bits per heavy atom. The molecule has 0 spiro atoms. The van der Waals surface area contributed by atoms with Crippen LogP contribution in [0, 0.1) is 0 Å². The molecule has 1 aromatic rings. The number of ether oxygens (including phenoxy) is 1. The van der Waals surface area contributed by atoms with Gasteiger partial charge in [-0.1, -0.05) is 0 Å². The first-order valence-electron chi connectivity index (χ1n) is 7.94. The van der Waals surface area contributed by atoms with Crippen molar-refractivity contribution in [3.05, 3.63) is 11.6 Å². The SMILES string of the molecule is CO[C@@H](C)CS(=O)(=O)N1CCC[C@H](c2nnc3n2CCC3)C1. The van der Waals surface area contributed by atoms with E-state index in [2.05, 4.69) is 14.8 Å². The largest absolute Gasteiger partial charge is 0.381 e. The molecule has 0 aliphatic carbocycles. The molecule has 7 nitrogen and oxygen atoms in total. The number of aromatic nitrogens is 3. The van der Waals surface area contributed by atoms with Gasteiger partial charge >= 0.3 is 0 Å². The van der Waals surface area contributed by atoms with E-state index in [4.69, 9.17) is 4.74 Å². The van der Waals surface area contributed by atoms with Crippen LogP contribution in [-0.4, -0.2) is 59.5 Å². The van der Waals surface area contributed by atoms with E-state index in [0.717, 1.165) is 43.9 Å². The summed E-state index contributed by atoms with van der Waals surface area (Å²) in [4.78, 5) is 0. The van der Waals surface area contributed by atoms with Crippen LogP contribution < -0.4 is 0 Å². The molecule has 0 radical (unpaired) electrons. The summed E-state index contributed by atoms with van der Waals surface area (Å²) in [6.45, 7) is 3.85. The van der Waals surface area contributed by atoms with Crippen molar-refractivity contribution in [1.29, 1.82) is 0 Å². The lowest BCUT2D eigenvalue weighted by molar-refractivity contribution is 0.134. The summed E-state index contributed by atoms with van der Waals surface area (Å²) in [6.07, 6.45) is 3.64. The first-order valence-corrected chi connectivity index (χ1v) is 9.55. The molecule has 0 unspecified atom stereocenters. The number of nitrogens with zero attached hydrogens (tertiary/aromatic N) is 4. The van der Waals surface area contributed by atoms with Gasteiger partial charge in [-0.15, -0.1) is 10.2 Å². The molecule has 0 bridgehead atoms. The van der Waals surface area contributed by atoms with Crippen LogP contribution >= 0.6 is 0 Å². The van der Waals surface area contributed by atoms with Crippen molar-refractivity contribution in [2.24, 2.45) is 0 Å². The molecule has 124 valence electrons. The fourth-order valence-electron chi connectivity index (χ4n) is 3.35. The van der Waals surface area contributed by atoms with E-state index < -0.39 is 10.0 Å². The van der Waals surface area contributed by atoms with Gasteiger partial charge in [0.05, 0.1) is 11.9 Å². The molecule has 3 heterocycles. The lowest BCUT2D eigenvalue weighted by Crippen LogP contribution is -2.42. The predicted molar refractivity (Wildman–Crippen MR) is 82.1 cm³/mol. The van der Waals surface area contributed by atoms with Gasteiger partial charge in [0.15, 0.2) is 0 Å². The highest BCUT2D eigenvalue weighted by Gasteiger charge is 2.33. The summed E-state index contributed by atoms with van der Waals surface area (Å²) in [5.74, 6) is 2.20. The normalized spacial score (nSPS) is 24.4. The number of hydrogen-bond donors (Lipinski definition) is 0. The summed E-state index contributed by atoms with van der Waals surface area (Å²) in [7, 11) is -1.74. The molecule has 3 rings (SSSR count). The van der Waals surface area contributed by atoms with Gasteiger partial charge in [0.2, 0.25) is 10.0 Å². The second-order valence-electron chi connectivity index (χ2n) is 6.25. The molecule has 2 aliphatic rings. The Labute approximate surface area is 131 Å².